The molecule has 0 aliphatic heterocycles. The van der Waals surface area contributed by atoms with Crippen molar-refractivity contribution in [2.24, 2.45) is 7.05 Å². The number of nitrogens with one attached hydrogen (secondary N) is 1. The molecule has 2 aromatic rings. The van der Waals surface area contributed by atoms with E-state index in [9.17, 15) is 14.4 Å². The molecule has 0 saturated heterocycles. The highest BCUT2D eigenvalue weighted by Crippen LogP contribution is 2.15. The van der Waals surface area contributed by atoms with Crippen molar-refractivity contribution in [3.05, 3.63) is 41.7 Å². The van der Waals surface area contributed by atoms with E-state index in [0.29, 0.717) is 23.2 Å². The lowest BCUT2D eigenvalue weighted by molar-refractivity contribution is -0.142. The number of ether oxygens (including phenoxy) is 1. The highest BCUT2D eigenvalue weighted by atomic mass is 32.2. The van der Waals surface area contributed by atoms with Crippen molar-refractivity contribution in [3.8, 4) is 0 Å². The van der Waals surface area contributed by atoms with Crippen molar-refractivity contribution in [2.45, 2.75) is 18.5 Å². The average molecular weight is 362 g/mol. The first-order chi connectivity index (χ1) is 12.0. The van der Waals surface area contributed by atoms with Crippen molar-refractivity contribution in [3.63, 3.8) is 0 Å². The monoisotopic (exact) mass is 362 g/mol. The molecule has 0 spiro atoms. The second kappa shape index (κ2) is 8.97. The number of aromatic nitrogens is 3. The van der Waals surface area contributed by atoms with Crippen LogP contribution in [-0.2, 0) is 27.8 Å². The maximum atomic E-state index is 11.9. The lowest BCUT2D eigenvalue weighted by atomic mass is 10.2. The molecule has 1 heterocycles. The lowest BCUT2D eigenvalue weighted by Gasteiger charge is -2.05. The van der Waals surface area contributed by atoms with Crippen molar-refractivity contribution < 1.29 is 19.1 Å². The number of benzene rings is 1. The molecule has 0 atom stereocenters. The van der Waals surface area contributed by atoms with Crippen LogP contribution in [0.3, 0.4) is 0 Å². The number of nitrogens with zero attached hydrogens (tertiary/aromatic N) is 3. The van der Waals surface area contributed by atoms with Gasteiger partial charge in [0.05, 0.1) is 12.4 Å². The minimum atomic E-state index is -0.452. The minimum absolute atomic E-state index is 0.00392. The Bertz CT molecular complexity index is 761. The molecule has 2 amide bonds. The first-order valence-corrected chi connectivity index (χ1v) is 8.55. The smallest absolute Gasteiger partial charge is 0.313 e. The summed E-state index contributed by atoms with van der Waals surface area (Å²) >= 11 is 1.13. The maximum Gasteiger partial charge on any atom is 0.313 e. The topological polar surface area (TPSA) is 103 Å². The molecule has 0 radical (unpaired) electrons. The standard InChI is InChI=1S/C16H18N4O4S/c1-3-24-14(22)9-12-18-19-16(20(12)2)25-10-13(21)17-15(23)11-7-5-4-6-8-11/h4-8H,3,9-10H2,1-2H3,(H,17,21,23). The van der Waals surface area contributed by atoms with Crippen LogP contribution in [-0.4, -0.2) is 44.9 Å². The third-order valence-corrected chi connectivity index (χ3v) is 4.17. The summed E-state index contributed by atoms with van der Waals surface area (Å²) in [6, 6.07) is 8.48. The molecule has 0 fully saturated rings. The summed E-state index contributed by atoms with van der Waals surface area (Å²) in [5, 5.41) is 10.6. The van der Waals surface area contributed by atoms with Crippen molar-refractivity contribution in [1.29, 1.82) is 0 Å². The van der Waals surface area contributed by atoms with Gasteiger partial charge >= 0.3 is 5.97 Å². The molecule has 25 heavy (non-hydrogen) atoms. The van der Waals surface area contributed by atoms with E-state index >= 15 is 0 Å². The molecular weight excluding hydrogens is 344 g/mol. The molecule has 0 unspecified atom stereocenters. The molecule has 0 aliphatic carbocycles. The predicted molar refractivity (Wildman–Crippen MR) is 91.0 cm³/mol. The van der Waals surface area contributed by atoms with E-state index in [-0.39, 0.29) is 18.1 Å². The van der Waals surface area contributed by atoms with Crippen molar-refractivity contribution in [1.82, 2.24) is 20.1 Å². The van der Waals surface area contributed by atoms with Gasteiger partial charge in [0.25, 0.3) is 5.91 Å². The van der Waals surface area contributed by atoms with Crippen LogP contribution in [0.25, 0.3) is 0 Å². The largest absolute Gasteiger partial charge is 0.466 e. The Labute approximate surface area is 149 Å². The zero-order chi connectivity index (χ0) is 18.2. The number of amides is 2. The number of hydrogen-bond donors (Lipinski definition) is 1. The van der Waals surface area contributed by atoms with Gasteiger partial charge in [-0.05, 0) is 19.1 Å². The van der Waals surface area contributed by atoms with Crippen LogP contribution < -0.4 is 5.32 Å². The number of carbonyl (C=O) groups excluding carboxylic acids is 3. The van der Waals surface area contributed by atoms with E-state index in [1.165, 1.54) is 0 Å². The van der Waals surface area contributed by atoms with Crippen molar-refractivity contribution in [2.75, 3.05) is 12.4 Å². The second-order valence-electron chi connectivity index (χ2n) is 4.97. The summed E-state index contributed by atoms with van der Waals surface area (Å²) < 4.78 is 6.48. The number of hydrogen-bond acceptors (Lipinski definition) is 7. The normalized spacial score (nSPS) is 10.3. The first kappa shape index (κ1) is 18.7. The van der Waals surface area contributed by atoms with Gasteiger partial charge in [-0.2, -0.15) is 0 Å². The van der Waals surface area contributed by atoms with Gasteiger partial charge in [-0.15, -0.1) is 10.2 Å². The molecule has 0 aliphatic rings. The summed E-state index contributed by atoms with van der Waals surface area (Å²) in [6.07, 6.45) is 0.0105. The number of carbonyl (C=O) groups is 3. The fourth-order valence-corrected chi connectivity index (χ4v) is 2.65. The molecule has 2 rings (SSSR count). The van der Waals surface area contributed by atoms with Gasteiger partial charge < -0.3 is 9.30 Å². The average Bonchev–Trinajstić information content (AvgIpc) is 2.94. The van der Waals surface area contributed by atoms with E-state index in [1.54, 1.807) is 48.9 Å². The van der Waals surface area contributed by atoms with E-state index < -0.39 is 11.8 Å². The summed E-state index contributed by atoms with van der Waals surface area (Å²) in [5.41, 5.74) is 0.413. The first-order valence-electron chi connectivity index (χ1n) is 7.57. The maximum absolute atomic E-state index is 11.9. The third kappa shape index (κ3) is 5.42. The summed E-state index contributed by atoms with van der Waals surface area (Å²) in [4.78, 5) is 35.3. The van der Waals surface area contributed by atoms with E-state index in [2.05, 4.69) is 15.5 Å². The Kier molecular flexibility index (Phi) is 6.70. The van der Waals surface area contributed by atoms with Gasteiger partial charge in [-0.3, -0.25) is 19.7 Å². The number of thioether (sulfide) groups is 1. The molecule has 0 bridgehead atoms. The molecular formula is C16H18N4O4S. The summed E-state index contributed by atoms with van der Waals surface area (Å²) in [7, 11) is 1.70. The quantitative estimate of drug-likeness (QED) is 0.578. The van der Waals surface area contributed by atoms with Gasteiger partial charge in [0.1, 0.15) is 12.2 Å². The molecule has 132 valence electrons. The molecule has 9 heteroatoms. The molecule has 0 saturated carbocycles. The highest BCUT2D eigenvalue weighted by molar-refractivity contribution is 7.99. The van der Waals surface area contributed by atoms with Gasteiger partial charge in [-0.25, -0.2) is 0 Å². The fraction of sp³-hybridized carbons (Fsp3) is 0.312. The predicted octanol–water partition coefficient (Wildman–Crippen LogP) is 0.969. The van der Waals surface area contributed by atoms with E-state index in [4.69, 9.17) is 4.74 Å². The molecule has 1 aromatic heterocycles. The lowest BCUT2D eigenvalue weighted by Crippen LogP contribution is -2.31. The van der Waals surface area contributed by atoms with Gasteiger partial charge in [0, 0.05) is 12.6 Å². The third-order valence-electron chi connectivity index (χ3n) is 3.15. The van der Waals surface area contributed by atoms with Gasteiger partial charge in [-0.1, -0.05) is 30.0 Å². The number of rotatable bonds is 7. The highest BCUT2D eigenvalue weighted by Gasteiger charge is 2.16. The Balaban J connectivity index is 1.87. The SMILES string of the molecule is CCOC(=O)Cc1nnc(SCC(=O)NC(=O)c2ccccc2)n1C. The number of esters is 1. The molecule has 8 nitrogen and oxygen atoms in total. The van der Waals surface area contributed by atoms with Crippen LogP contribution in [0.4, 0.5) is 0 Å². The Morgan fingerprint density at radius 2 is 1.92 bits per heavy atom. The Hall–Kier alpha value is -2.68. The summed E-state index contributed by atoms with van der Waals surface area (Å²) in [6.45, 7) is 2.03. The van der Waals surface area contributed by atoms with Crippen LogP contribution in [0.15, 0.2) is 35.5 Å². The van der Waals surface area contributed by atoms with Gasteiger partial charge in [0.15, 0.2) is 5.16 Å². The zero-order valence-corrected chi connectivity index (χ0v) is 14.7. The molecule has 1 aromatic carbocycles. The van der Waals surface area contributed by atoms with E-state index in [1.807, 2.05) is 0 Å². The van der Waals surface area contributed by atoms with Crippen LogP contribution in [0, 0.1) is 0 Å². The zero-order valence-electron chi connectivity index (χ0n) is 13.9. The van der Waals surface area contributed by atoms with Crippen molar-refractivity contribution >= 4 is 29.5 Å². The fourth-order valence-electron chi connectivity index (χ4n) is 1.92. The van der Waals surface area contributed by atoms with Gasteiger partial charge in [0.2, 0.25) is 5.91 Å². The van der Waals surface area contributed by atoms with Crippen LogP contribution in [0.5, 0.6) is 0 Å². The Morgan fingerprint density at radius 1 is 1.20 bits per heavy atom. The van der Waals surface area contributed by atoms with Crippen LogP contribution >= 0.6 is 11.8 Å². The minimum Gasteiger partial charge on any atom is -0.466 e. The van der Waals surface area contributed by atoms with Crippen LogP contribution in [0.1, 0.15) is 23.1 Å². The second-order valence-corrected chi connectivity index (χ2v) is 5.91. The van der Waals surface area contributed by atoms with Crippen LogP contribution in [0.2, 0.25) is 0 Å². The number of imide groups is 1. The molecule has 1 N–H and O–H groups in total. The summed E-state index contributed by atoms with van der Waals surface area (Å²) in [5.74, 6) is -0.826. The Morgan fingerprint density at radius 3 is 2.60 bits per heavy atom. The van der Waals surface area contributed by atoms with E-state index in [0.717, 1.165) is 11.8 Å².